The maximum Gasteiger partial charge on any atom is 0.338 e. The van der Waals surface area contributed by atoms with Gasteiger partial charge in [-0.1, -0.05) is 18.2 Å². The molecule has 0 spiro atoms. The molecule has 1 aromatic rings. The Bertz CT molecular complexity index is 701. The molecule has 1 fully saturated rings. The maximum atomic E-state index is 13.4. The fourth-order valence-electron chi connectivity index (χ4n) is 3.40. The minimum atomic E-state index is -2.73. The van der Waals surface area contributed by atoms with Gasteiger partial charge in [0.15, 0.2) is 0 Å². The molecule has 0 bridgehead atoms. The monoisotopic (exact) mass is 356 g/mol. The predicted octanol–water partition coefficient (Wildman–Crippen LogP) is 5.58. The van der Waals surface area contributed by atoms with Gasteiger partial charge in [-0.2, -0.15) is 0 Å². The number of hydrogen-bond donors (Lipinski definition) is 0. The predicted molar refractivity (Wildman–Crippen MR) is 86.1 cm³/mol. The molecular formula is C19H20F4O2. The van der Waals surface area contributed by atoms with Gasteiger partial charge in [0.05, 0.1) is 12.2 Å². The molecule has 25 heavy (non-hydrogen) atoms. The van der Waals surface area contributed by atoms with E-state index < -0.39 is 17.8 Å². The first kappa shape index (κ1) is 18.0. The second-order valence-corrected chi connectivity index (χ2v) is 6.78. The van der Waals surface area contributed by atoms with Gasteiger partial charge in [0.2, 0.25) is 5.92 Å². The van der Waals surface area contributed by atoms with E-state index in [4.69, 9.17) is 4.74 Å². The van der Waals surface area contributed by atoms with Gasteiger partial charge >= 0.3 is 5.97 Å². The molecular weight excluding hydrogens is 336 g/mol. The second kappa shape index (κ2) is 6.46. The summed E-state index contributed by atoms with van der Waals surface area (Å²) >= 11 is 0. The summed E-state index contributed by atoms with van der Waals surface area (Å²) in [6, 6.07) is 4.92. The zero-order valence-electron chi connectivity index (χ0n) is 14.0. The molecule has 2 nitrogen and oxygen atoms in total. The molecule has 0 radical (unpaired) electrons. The quantitative estimate of drug-likeness (QED) is 0.520. The molecule has 0 aliphatic heterocycles. The van der Waals surface area contributed by atoms with Crippen LogP contribution in [0.2, 0.25) is 0 Å². The summed E-state index contributed by atoms with van der Waals surface area (Å²) in [5.41, 5.74) is 2.20. The summed E-state index contributed by atoms with van der Waals surface area (Å²) in [5.74, 6) is -6.17. The molecule has 0 N–H and O–H groups in total. The summed E-state index contributed by atoms with van der Waals surface area (Å²) in [6.45, 7) is 1.88. The van der Waals surface area contributed by atoms with Crippen molar-refractivity contribution in [3.8, 4) is 0 Å². The topological polar surface area (TPSA) is 26.3 Å². The van der Waals surface area contributed by atoms with Gasteiger partial charge in [-0.3, -0.25) is 0 Å². The van der Waals surface area contributed by atoms with Crippen LogP contribution in [0, 0.1) is 0 Å². The third-order valence-electron chi connectivity index (χ3n) is 4.85. The molecule has 0 heterocycles. The van der Waals surface area contributed by atoms with Crippen LogP contribution in [0.4, 0.5) is 17.6 Å². The Balaban J connectivity index is 1.94. The number of ether oxygens (including phenoxy) is 1. The Hall–Kier alpha value is -1.85. The van der Waals surface area contributed by atoms with E-state index in [2.05, 4.69) is 0 Å². The lowest BCUT2D eigenvalue weighted by atomic mass is 9.75. The molecule has 0 saturated heterocycles. The van der Waals surface area contributed by atoms with Gasteiger partial charge in [0, 0.05) is 25.7 Å². The summed E-state index contributed by atoms with van der Waals surface area (Å²) < 4.78 is 58.2. The number of allylic oxidation sites excluding steroid dienone is 2. The van der Waals surface area contributed by atoms with Crippen LogP contribution < -0.4 is 0 Å². The van der Waals surface area contributed by atoms with Crippen molar-refractivity contribution in [3.05, 3.63) is 41.0 Å². The number of alkyl halides is 4. The summed E-state index contributed by atoms with van der Waals surface area (Å²) in [7, 11) is 0. The minimum absolute atomic E-state index is 0.143. The molecule has 3 rings (SSSR count). The van der Waals surface area contributed by atoms with Gasteiger partial charge in [-0.05, 0) is 42.0 Å². The zero-order valence-corrected chi connectivity index (χ0v) is 14.0. The van der Waals surface area contributed by atoms with E-state index in [0.29, 0.717) is 22.3 Å². The van der Waals surface area contributed by atoms with Gasteiger partial charge in [-0.15, -0.1) is 0 Å². The van der Waals surface area contributed by atoms with Crippen molar-refractivity contribution >= 4 is 11.5 Å². The van der Waals surface area contributed by atoms with Crippen LogP contribution in [0.25, 0.3) is 5.57 Å². The first-order valence-electron chi connectivity index (χ1n) is 8.47. The average Bonchev–Trinajstić information content (AvgIpc) is 2.52. The van der Waals surface area contributed by atoms with E-state index >= 15 is 0 Å². The molecule has 1 aromatic carbocycles. The van der Waals surface area contributed by atoms with Crippen LogP contribution in [0.1, 0.15) is 66.4 Å². The Kier molecular flexibility index (Phi) is 4.64. The molecule has 0 atom stereocenters. The molecule has 2 aliphatic rings. The fraction of sp³-hybridized carbons (Fsp3) is 0.526. The molecule has 0 unspecified atom stereocenters. The van der Waals surface area contributed by atoms with Gasteiger partial charge in [0.25, 0.3) is 5.92 Å². The van der Waals surface area contributed by atoms with Crippen molar-refractivity contribution < 1.29 is 27.1 Å². The third-order valence-corrected chi connectivity index (χ3v) is 4.85. The number of carbonyl (C=O) groups is 1. The van der Waals surface area contributed by atoms with Crippen LogP contribution in [0.5, 0.6) is 0 Å². The first-order valence-corrected chi connectivity index (χ1v) is 8.47. The van der Waals surface area contributed by atoms with Gasteiger partial charge in [0.1, 0.15) is 0 Å². The number of carbonyl (C=O) groups excluding carboxylic acids is 1. The van der Waals surface area contributed by atoms with E-state index in [9.17, 15) is 22.4 Å². The average molecular weight is 356 g/mol. The SMILES string of the molecule is CCOC(=O)c1ccc(C2CC(F)(F)C2)cc1C1=CCC(F)(F)CC1. The van der Waals surface area contributed by atoms with Crippen LogP contribution >= 0.6 is 0 Å². The first-order chi connectivity index (χ1) is 11.7. The van der Waals surface area contributed by atoms with E-state index in [0.717, 1.165) is 0 Å². The fourth-order valence-corrected chi connectivity index (χ4v) is 3.40. The van der Waals surface area contributed by atoms with E-state index in [1.54, 1.807) is 25.1 Å². The number of halogens is 4. The second-order valence-electron chi connectivity index (χ2n) is 6.78. The van der Waals surface area contributed by atoms with Crippen molar-refractivity contribution in [1.82, 2.24) is 0 Å². The molecule has 136 valence electrons. The number of benzene rings is 1. The van der Waals surface area contributed by atoms with Crippen molar-refractivity contribution in [2.75, 3.05) is 6.61 Å². The molecule has 2 aliphatic carbocycles. The third kappa shape index (κ3) is 3.88. The lowest BCUT2D eigenvalue weighted by Crippen LogP contribution is -2.33. The van der Waals surface area contributed by atoms with Crippen molar-refractivity contribution in [2.45, 2.75) is 56.8 Å². The highest BCUT2D eigenvalue weighted by Gasteiger charge is 2.46. The van der Waals surface area contributed by atoms with Crippen molar-refractivity contribution in [3.63, 3.8) is 0 Å². The van der Waals surface area contributed by atoms with Crippen LogP contribution in [-0.4, -0.2) is 24.4 Å². The molecule has 0 aromatic heterocycles. The highest BCUT2D eigenvalue weighted by Crippen LogP contribution is 2.49. The molecule has 1 saturated carbocycles. The Morgan fingerprint density at radius 3 is 2.48 bits per heavy atom. The van der Waals surface area contributed by atoms with E-state index in [1.165, 1.54) is 6.08 Å². The number of esters is 1. The molecule has 0 amide bonds. The Morgan fingerprint density at radius 1 is 1.20 bits per heavy atom. The number of hydrogen-bond acceptors (Lipinski definition) is 2. The number of rotatable bonds is 4. The highest BCUT2D eigenvalue weighted by molar-refractivity contribution is 5.95. The van der Waals surface area contributed by atoms with Gasteiger partial charge in [-0.25, -0.2) is 22.4 Å². The lowest BCUT2D eigenvalue weighted by molar-refractivity contribution is -0.0867. The van der Waals surface area contributed by atoms with Crippen LogP contribution in [-0.2, 0) is 4.74 Å². The van der Waals surface area contributed by atoms with Crippen molar-refractivity contribution in [2.24, 2.45) is 0 Å². The smallest absolute Gasteiger partial charge is 0.338 e. The molecule has 6 heteroatoms. The van der Waals surface area contributed by atoms with Gasteiger partial charge < -0.3 is 4.74 Å². The maximum absolute atomic E-state index is 13.4. The Labute approximate surface area is 143 Å². The normalized spacial score (nSPS) is 22.0. The zero-order chi connectivity index (χ0) is 18.2. The highest BCUT2D eigenvalue weighted by atomic mass is 19.3. The van der Waals surface area contributed by atoms with Crippen molar-refractivity contribution in [1.29, 1.82) is 0 Å². The van der Waals surface area contributed by atoms with Crippen LogP contribution in [0.3, 0.4) is 0 Å². The summed E-state index contributed by atoms with van der Waals surface area (Å²) in [6.07, 6.45) is 0.484. The Morgan fingerprint density at radius 2 is 1.92 bits per heavy atom. The standard InChI is InChI=1S/C19H20F4O2/c1-2-25-17(24)15-4-3-13(14-10-19(22,23)11-14)9-16(15)12-5-7-18(20,21)8-6-12/h3-5,9,14H,2,6-8,10-11H2,1H3. The summed E-state index contributed by atoms with van der Waals surface area (Å²) in [4.78, 5) is 12.2. The van der Waals surface area contributed by atoms with Crippen LogP contribution in [0.15, 0.2) is 24.3 Å². The lowest BCUT2D eigenvalue weighted by Gasteiger charge is -2.35. The van der Waals surface area contributed by atoms with E-state index in [1.807, 2.05) is 0 Å². The minimum Gasteiger partial charge on any atom is -0.462 e. The largest absolute Gasteiger partial charge is 0.462 e. The van der Waals surface area contributed by atoms with E-state index in [-0.39, 0.29) is 44.6 Å². The summed E-state index contributed by atoms with van der Waals surface area (Å²) in [5, 5.41) is 0.